The summed E-state index contributed by atoms with van der Waals surface area (Å²) in [5.74, 6) is 0.218. The van der Waals surface area contributed by atoms with Crippen LogP contribution >= 0.6 is 0 Å². The summed E-state index contributed by atoms with van der Waals surface area (Å²) in [4.78, 5) is 6.67. The fourth-order valence-electron chi connectivity index (χ4n) is 4.31. The molecule has 0 amide bonds. The molecule has 1 aromatic rings. The van der Waals surface area contributed by atoms with E-state index in [4.69, 9.17) is 16.2 Å². The highest BCUT2D eigenvalue weighted by Gasteiger charge is 2.40. The lowest BCUT2D eigenvalue weighted by atomic mass is 10.0. The number of hydrogen-bond donors (Lipinski definition) is 3. The summed E-state index contributed by atoms with van der Waals surface area (Å²) in [6.45, 7) is 4.75. The molecule has 2 bridgehead atoms. The summed E-state index contributed by atoms with van der Waals surface area (Å²) in [7, 11) is 0. The molecule has 6 nitrogen and oxygen atoms in total. The summed E-state index contributed by atoms with van der Waals surface area (Å²) >= 11 is 0. The van der Waals surface area contributed by atoms with Gasteiger partial charge in [-0.25, -0.2) is 0 Å². The number of fused-ring (bicyclic) bond motifs is 2. The van der Waals surface area contributed by atoms with Crippen molar-refractivity contribution in [3.8, 4) is 0 Å². The summed E-state index contributed by atoms with van der Waals surface area (Å²) in [6.07, 6.45) is 0.653. The maximum Gasteiger partial charge on any atom is 0.416 e. The van der Waals surface area contributed by atoms with Crippen LogP contribution in [0.2, 0.25) is 0 Å². The van der Waals surface area contributed by atoms with Gasteiger partial charge in [-0.1, -0.05) is 12.1 Å². The van der Waals surface area contributed by atoms with Gasteiger partial charge in [0.1, 0.15) is 5.84 Å². The third kappa shape index (κ3) is 4.14. The van der Waals surface area contributed by atoms with Gasteiger partial charge >= 0.3 is 6.18 Å². The van der Waals surface area contributed by atoms with Crippen LogP contribution in [0.15, 0.2) is 58.1 Å². The van der Waals surface area contributed by atoms with Crippen molar-refractivity contribution in [2.24, 2.45) is 16.5 Å². The number of halogens is 3. The highest BCUT2D eigenvalue weighted by molar-refractivity contribution is 6.01. The summed E-state index contributed by atoms with van der Waals surface area (Å²) in [5.41, 5.74) is 15.1. The molecule has 0 aliphatic carbocycles. The quantitative estimate of drug-likeness (QED) is 0.502. The molecule has 0 radical (unpaired) electrons. The van der Waals surface area contributed by atoms with Gasteiger partial charge in [-0.2, -0.15) is 13.2 Å². The summed E-state index contributed by atoms with van der Waals surface area (Å²) in [5, 5.41) is 3.21. The zero-order chi connectivity index (χ0) is 22.3. The molecule has 2 unspecified atom stereocenters. The van der Waals surface area contributed by atoms with Gasteiger partial charge < -0.3 is 26.4 Å². The van der Waals surface area contributed by atoms with Crippen molar-refractivity contribution in [3.63, 3.8) is 0 Å². The molecule has 9 heteroatoms. The van der Waals surface area contributed by atoms with Crippen LogP contribution in [0.3, 0.4) is 0 Å². The number of benzene rings is 1. The molecule has 2 atom stereocenters. The van der Waals surface area contributed by atoms with Gasteiger partial charge in [0.15, 0.2) is 0 Å². The highest BCUT2D eigenvalue weighted by atomic mass is 19.4. The Hall–Kier alpha value is -2.94. The second kappa shape index (κ2) is 7.96. The smallest absolute Gasteiger partial charge is 0.401 e. The molecule has 1 aromatic carbocycles. The van der Waals surface area contributed by atoms with Crippen LogP contribution in [0.4, 0.5) is 13.2 Å². The zero-order valence-electron chi connectivity index (χ0n) is 17.5. The van der Waals surface area contributed by atoms with Crippen LogP contribution in [0.25, 0.3) is 0 Å². The molecule has 0 spiro atoms. The third-order valence-corrected chi connectivity index (χ3v) is 6.00. The lowest BCUT2D eigenvalue weighted by Crippen LogP contribution is -2.38. The molecule has 5 N–H and O–H groups in total. The molecule has 0 aromatic heterocycles. The van der Waals surface area contributed by atoms with Crippen LogP contribution < -0.4 is 16.8 Å². The fourth-order valence-corrected chi connectivity index (χ4v) is 4.31. The number of likely N-dealkylation sites (tertiary alicyclic amines) is 1. The number of dihydropyridines is 1. The molecule has 4 rings (SSSR count). The maximum absolute atomic E-state index is 13.2. The van der Waals surface area contributed by atoms with Gasteiger partial charge in [-0.3, -0.25) is 4.99 Å². The van der Waals surface area contributed by atoms with Crippen LogP contribution in [-0.2, 0) is 17.5 Å². The van der Waals surface area contributed by atoms with E-state index in [1.807, 2.05) is 12.3 Å². The third-order valence-electron chi connectivity index (χ3n) is 6.00. The predicted octanol–water partition coefficient (Wildman–Crippen LogP) is 2.91. The molecule has 3 heterocycles. The van der Waals surface area contributed by atoms with Crippen molar-refractivity contribution in [1.29, 1.82) is 0 Å². The van der Waals surface area contributed by atoms with E-state index in [0.29, 0.717) is 35.2 Å². The van der Waals surface area contributed by atoms with Crippen molar-refractivity contribution in [1.82, 2.24) is 10.2 Å². The van der Waals surface area contributed by atoms with Gasteiger partial charge in [0.05, 0.1) is 42.3 Å². The Morgan fingerprint density at radius 3 is 2.71 bits per heavy atom. The zero-order valence-corrected chi connectivity index (χ0v) is 17.5. The van der Waals surface area contributed by atoms with E-state index in [-0.39, 0.29) is 24.0 Å². The summed E-state index contributed by atoms with van der Waals surface area (Å²) in [6, 6.07) is 4.42. The van der Waals surface area contributed by atoms with Crippen molar-refractivity contribution in [3.05, 3.63) is 69.8 Å². The Kier molecular flexibility index (Phi) is 5.47. The fraction of sp³-hybridized carbons (Fsp3) is 0.409. The van der Waals surface area contributed by atoms with E-state index in [0.717, 1.165) is 24.7 Å². The number of alkyl halides is 3. The lowest BCUT2D eigenvalue weighted by molar-refractivity contribution is -0.138. The minimum Gasteiger partial charge on any atom is -0.401 e. The molecule has 31 heavy (non-hydrogen) atoms. The largest absolute Gasteiger partial charge is 0.416 e. The number of hydrogen-bond acceptors (Lipinski definition) is 5. The average Bonchev–Trinajstić information content (AvgIpc) is 3.35. The van der Waals surface area contributed by atoms with Crippen molar-refractivity contribution in [2.75, 3.05) is 13.2 Å². The Balaban J connectivity index is 1.61. The van der Waals surface area contributed by atoms with Crippen LogP contribution in [0, 0.1) is 6.92 Å². The van der Waals surface area contributed by atoms with E-state index in [2.05, 4.69) is 15.2 Å². The van der Waals surface area contributed by atoms with Crippen molar-refractivity contribution >= 4 is 5.84 Å². The summed E-state index contributed by atoms with van der Waals surface area (Å²) < 4.78 is 45.3. The van der Waals surface area contributed by atoms with Gasteiger partial charge in [0, 0.05) is 24.0 Å². The first kappa shape index (κ1) is 21.3. The van der Waals surface area contributed by atoms with Gasteiger partial charge in [0.25, 0.3) is 0 Å². The van der Waals surface area contributed by atoms with E-state index in [9.17, 15) is 13.2 Å². The van der Waals surface area contributed by atoms with E-state index in [1.165, 1.54) is 13.0 Å². The standard InChI is InChI=1S/C22H26F3N5O/c1-12-14(4-3-5-19(12)22(23,24)25)8-29-21(27)18-7-15(9-28-20(18)13(2)26)30-10-17-6-16(30)11-31-17/h3-5,7,9,16-17,28H,6,8,10-11,26H2,1-2H3,(H2,27,29)/b20-13+. The SMILES string of the molecule is C/C(N)=C1\NC=C(N2CC3CC2CO3)C=C1C(N)=NCc1cccc(C(F)(F)F)c1C. The second-order valence-corrected chi connectivity index (χ2v) is 8.12. The Morgan fingerprint density at radius 2 is 2.10 bits per heavy atom. The highest BCUT2D eigenvalue weighted by Crippen LogP contribution is 2.34. The first-order valence-corrected chi connectivity index (χ1v) is 10.1. The second-order valence-electron chi connectivity index (χ2n) is 8.12. The van der Waals surface area contributed by atoms with Gasteiger partial charge in [-0.05, 0) is 43.5 Å². The first-order valence-electron chi connectivity index (χ1n) is 10.1. The monoisotopic (exact) mass is 433 g/mol. The molecule has 166 valence electrons. The first-order chi connectivity index (χ1) is 14.6. The van der Waals surface area contributed by atoms with Crippen molar-refractivity contribution in [2.45, 2.75) is 45.1 Å². The van der Waals surface area contributed by atoms with Gasteiger partial charge in [0.2, 0.25) is 0 Å². The minimum atomic E-state index is -4.41. The van der Waals surface area contributed by atoms with Crippen LogP contribution in [-0.4, -0.2) is 36.0 Å². The number of ether oxygens (including phenoxy) is 1. The predicted molar refractivity (Wildman–Crippen MR) is 113 cm³/mol. The molecular weight excluding hydrogens is 407 g/mol. The van der Waals surface area contributed by atoms with Gasteiger partial charge in [-0.15, -0.1) is 0 Å². The molecule has 3 aliphatic heterocycles. The Bertz CT molecular complexity index is 1000. The average molecular weight is 433 g/mol. The lowest BCUT2D eigenvalue weighted by Gasteiger charge is -2.32. The van der Waals surface area contributed by atoms with Crippen molar-refractivity contribution < 1.29 is 17.9 Å². The number of morpholine rings is 1. The molecule has 2 fully saturated rings. The number of amidine groups is 1. The maximum atomic E-state index is 13.2. The van der Waals surface area contributed by atoms with E-state index < -0.39 is 11.7 Å². The molecular formula is C22H26F3N5O. The number of nitrogens with zero attached hydrogens (tertiary/aromatic N) is 2. The number of nitrogens with one attached hydrogen (secondary N) is 1. The molecule has 3 aliphatic rings. The number of rotatable bonds is 4. The number of nitrogens with two attached hydrogens (primary N) is 2. The molecule has 0 saturated carbocycles. The number of aliphatic imine (C=N–C) groups is 1. The molecule has 2 saturated heterocycles. The Labute approximate surface area is 179 Å². The minimum absolute atomic E-state index is 0.0388. The Morgan fingerprint density at radius 1 is 1.32 bits per heavy atom. The van der Waals surface area contributed by atoms with Crippen LogP contribution in [0.1, 0.15) is 30.0 Å². The number of allylic oxidation sites excluding steroid dienone is 2. The van der Waals surface area contributed by atoms with E-state index in [1.54, 1.807) is 13.0 Å². The van der Waals surface area contributed by atoms with Crippen LogP contribution in [0.5, 0.6) is 0 Å². The topological polar surface area (TPSA) is 88.9 Å². The van der Waals surface area contributed by atoms with E-state index >= 15 is 0 Å². The normalized spacial score (nSPS) is 25.3.